The summed E-state index contributed by atoms with van der Waals surface area (Å²) in [5, 5.41) is 4.19. The molecular formula is C10H13ClN4. The second-order valence-electron chi connectivity index (χ2n) is 3.38. The van der Waals surface area contributed by atoms with Gasteiger partial charge in [-0.15, -0.1) is 12.4 Å². The molecule has 5 heteroatoms. The van der Waals surface area contributed by atoms with Crippen molar-refractivity contribution < 1.29 is 0 Å². The zero-order chi connectivity index (χ0) is 10.1. The summed E-state index contributed by atoms with van der Waals surface area (Å²) in [6.07, 6.45) is 3.76. The van der Waals surface area contributed by atoms with Crippen LogP contribution in [0.25, 0.3) is 5.82 Å². The average Bonchev–Trinajstić information content (AvgIpc) is 2.50. The standard InChI is InChI=1S/C10H12N4.ClH/c1-7-5-11-14(6-7)10-4-8(2)12-9(3)13-10;/h4-6H,1-3H3;1H. The van der Waals surface area contributed by atoms with Crippen molar-refractivity contribution >= 4 is 12.4 Å². The van der Waals surface area contributed by atoms with E-state index in [1.165, 1.54) is 0 Å². The minimum Gasteiger partial charge on any atom is -0.238 e. The van der Waals surface area contributed by atoms with Crippen LogP contribution >= 0.6 is 12.4 Å². The first-order valence-corrected chi connectivity index (χ1v) is 4.49. The van der Waals surface area contributed by atoms with E-state index in [9.17, 15) is 0 Å². The Morgan fingerprint density at radius 1 is 1.13 bits per heavy atom. The first kappa shape index (κ1) is 11.7. The van der Waals surface area contributed by atoms with Crippen molar-refractivity contribution in [2.75, 3.05) is 0 Å². The third-order valence-electron chi connectivity index (χ3n) is 1.90. The quantitative estimate of drug-likeness (QED) is 0.744. The van der Waals surface area contributed by atoms with Crippen LogP contribution in [-0.2, 0) is 0 Å². The molecule has 0 saturated carbocycles. The largest absolute Gasteiger partial charge is 0.238 e. The van der Waals surface area contributed by atoms with E-state index in [1.54, 1.807) is 4.68 Å². The van der Waals surface area contributed by atoms with Crippen molar-refractivity contribution in [3.63, 3.8) is 0 Å². The Kier molecular flexibility index (Phi) is 3.42. The minimum atomic E-state index is 0. The molecule has 0 bridgehead atoms. The highest BCUT2D eigenvalue weighted by Crippen LogP contribution is 2.06. The summed E-state index contributed by atoms with van der Waals surface area (Å²) in [4.78, 5) is 8.52. The van der Waals surface area contributed by atoms with Crippen LogP contribution in [0.5, 0.6) is 0 Å². The molecular weight excluding hydrogens is 212 g/mol. The topological polar surface area (TPSA) is 43.6 Å². The van der Waals surface area contributed by atoms with E-state index in [2.05, 4.69) is 15.1 Å². The van der Waals surface area contributed by atoms with Crippen LogP contribution in [-0.4, -0.2) is 19.7 Å². The molecule has 0 aliphatic heterocycles. The van der Waals surface area contributed by atoms with Gasteiger partial charge in [0.15, 0.2) is 5.82 Å². The molecule has 80 valence electrons. The van der Waals surface area contributed by atoms with Gasteiger partial charge in [0.1, 0.15) is 5.82 Å². The van der Waals surface area contributed by atoms with Gasteiger partial charge in [-0.1, -0.05) is 0 Å². The molecule has 0 aliphatic carbocycles. The molecule has 0 aliphatic rings. The number of nitrogens with zero attached hydrogens (tertiary/aromatic N) is 4. The maximum absolute atomic E-state index is 4.31. The van der Waals surface area contributed by atoms with Crippen molar-refractivity contribution in [1.29, 1.82) is 0 Å². The first-order chi connectivity index (χ1) is 6.65. The molecule has 0 aromatic carbocycles. The van der Waals surface area contributed by atoms with Crippen LogP contribution in [0.15, 0.2) is 18.5 Å². The summed E-state index contributed by atoms with van der Waals surface area (Å²) in [5.41, 5.74) is 2.08. The molecule has 0 amide bonds. The van der Waals surface area contributed by atoms with Gasteiger partial charge in [0.05, 0.1) is 6.20 Å². The van der Waals surface area contributed by atoms with Crippen molar-refractivity contribution in [2.24, 2.45) is 0 Å². The molecule has 0 atom stereocenters. The van der Waals surface area contributed by atoms with Crippen LogP contribution in [0.4, 0.5) is 0 Å². The third kappa shape index (κ3) is 2.53. The molecule has 15 heavy (non-hydrogen) atoms. The zero-order valence-electron chi connectivity index (χ0n) is 8.93. The number of hydrogen-bond acceptors (Lipinski definition) is 3. The number of halogens is 1. The lowest BCUT2D eigenvalue weighted by atomic mass is 10.4. The van der Waals surface area contributed by atoms with Gasteiger partial charge in [-0.05, 0) is 26.3 Å². The highest BCUT2D eigenvalue weighted by atomic mass is 35.5. The molecule has 0 saturated heterocycles. The number of aryl methyl sites for hydroxylation is 3. The molecule has 0 radical (unpaired) electrons. The third-order valence-corrected chi connectivity index (χ3v) is 1.90. The van der Waals surface area contributed by atoms with Gasteiger partial charge >= 0.3 is 0 Å². The predicted molar refractivity (Wildman–Crippen MR) is 60.6 cm³/mol. The zero-order valence-corrected chi connectivity index (χ0v) is 9.75. The number of rotatable bonds is 1. The van der Waals surface area contributed by atoms with Crippen LogP contribution in [0.2, 0.25) is 0 Å². The maximum atomic E-state index is 4.31. The van der Waals surface area contributed by atoms with Crippen molar-refractivity contribution in [3.8, 4) is 5.82 Å². The molecule has 2 heterocycles. The maximum Gasteiger partial charge on any atom is 0.157 e. The van der Waals surface area contributed by atoms with Gasteiger partial charge in [-0.25, -0.2) is 14.6 Å². The van der Waals surface area contributed by atoms with E-state index >= 15 is 0 Å². The summed E-state index contributed by atoms with van der Waals surface area (Å²) in [6, 6.07) is 1.92. The van der Waals surface area contributed by atoms with Gasteiger partial charge in [0.2, 0.25) is 0 Å². The van der Waals surface area contributed by atoms with Crippen molar-refractivity contribution in [1.82, 2.24) is 19.7 Å². The van der Waals surface area contributed by atoms with Crippen LogP contribution in [0.1, 0.15) is 17.1 Å². The van der Waals surface area contributed by atoms with Crippen molar-refractivity contribution in [3.05, 3.63) is 35.5 Å². The minimum absolute atomic E-state index is 0. The Balaban J connectivity index is 0.00000112. The summed E-state index contributed by atoms with van der Waals surface area (Å²) in [7, 11) is 0. The van der Waals surface area contributed by atoms with E-state index in [0.29, 0.717) is 0 Å². The van der Waals surface area contributed by atoms with Gasteiger partial charge in [0, 0.05) is 18.0 Å². The molecule has 4 nitrogen and oxygen atoms in total. The Morgan fingerprint density at radius 2 is 1.87 bits per heavy atom. The van der Waals surface area contributed by atoms with E-state index in [0.717, 1.165) is 22.9 Å². The van der Waals surface area contributed by atoms with E-state index < -0.39 is 0 Å². The summed E-state index contributed by atoms with van der Waals surface area (Å²) in [6.45, 7) is 5.84. The second-order valence-corrected chi connectivity index (χ2v) is 3.38. The lowest BCUT2D eigenvalue weighted by molar-refractivity contribution is 0.822. The molecule has 0 unspecified atom stereocenters. The molecule has 2 aromatic heterocycles. The lowest BCUT2D eigenvalue weighted by Crippen LogP contribution is -2.02. The predicted octanol–water partition coefficient (Wildman–Crippen LogP) is 2.01. The smallest absolute Gasteiger partial charge is 0.157 e. The summed E-state index contributed by atoms with van der Waals surface area (Å²) < 4.78 is 1.76. The highest BCUT2D eigenvalue weighted by molar-refractivity contribution is 5.85. The Labute approximate surface area is 94.8 Å². The number of aromatic nitrogens is 4. The monoisotopic (exact) mass is 224 g/mol. The fourth-order valence-electron chi connectivity index (χ4n) is 1.35. The van der Waals surface area contributed by atoms with Crippen LogP contribution < -0.4 is 0 Å². The Bertz CT molecular complexity index is 444. The molecule has 0 spiro atoms. The number of hydrogen-bond donors (Lipinski definition) is 0. The molecule has 0 N–H and O–H groups in total. The van der Waals surface area contributed by atoms with Gasteiger partial charge in [-0.2, -0.15) is 5.10 Å². The summed E-state index contributed by atoms with van der Waals surface area (Å²) in [5.74, 6) is 1.59. The average molecular weight is 225 g/mol. The highest BCUT2D eigenvalue weighted by Gasteiger charge is 2.01. The molecule has 0 fully saturated rings. The molecule has 2 rings (SSSR count). The van der Waals surface area contributed by atoms with Gasteiger partial charge in [0.25, 0.3) is 0 Å². The van der Waals surface area contributed by atoms with Gasteiger partial charge < -0.3 is 0 Å². The van der Waals surface area contributed by atoms with Crippen LogP contribution in [0, 0.1) is 20.8 Å². The van der Waals surface area contributed by atoms with Gasteiger partial charge in [-0.3, -0.25) is 0 Å². The SMILES string of the molecule is Cc1cnn(-c2cc(C)nc(C)n2)c1.Cl. The van der Waals surface area contributed by atoms with E-state index in [-0.39, 0.29) is 12.4 Å². The fourth-order valence-corrected chi connectivity index (χ4v) is 1.35. The van der Waals surface area contributed by atoms with E-state index in [4.69, 9.17) is 0 Å². The van der Waals surface area contributed by atoms with Crippen LogP contribution in [0.3, 0.4) is 0 Å². The van der Waals surface area contributed by atoms with E-state index in [1.807, 2.05) is 39.2 Å². The fraction of sp³-hybridized carbons (Fsp3) is 0.300. The van der Waals surface area contributed by atoms with Crippen molar-refractivity contribution in [2.45, 2.75) is 20.8 Å². The Morgan fingerprint density at radius 3 is 2.40 bits per heavy atom. The normalized spacial score (nSPS) is 9.80. The summed E-state index contributed by atoms with van der Waals surface area (Å²) >= 11 is 0. The Hall–Kier alpha value is -1.42. The second kappa shape index (κ2) is 4.40. The molecule has 2 aromatic rings. The first-order valence-electron chi connectivity index (χ1n) is 4.49. The lowest BCUT2D eigenvalue weighted by Gasteiger charge is -2.02.